The molecule has 0 saturated heterocycles. The van der Waals surface area contributed by atoms with E-state index in [0.29, 0.717) is 19.8 Å². The Morgan fingerprint density at radius 2 is 1.89 bits per heavy atom. The first-order valence-electron chi connectivity index (χ1n) is 6.76. The number of carbonyl (C=O) groups is 1. The molecule has 0 rings (SSSR count). The summed E-state index contributed by atoms with van der Waals surface area (Å²) in [6, 6.07) is -0.146. The van der Waals surface area contributed by atoms with Crippen molar-refractivity contribution in [1.82, 2.24) is 10.2 Å². The number of amides is 1. The van der Waals surface area contributed by atoms with Gasteiger partial charge < -0.3 is 19.7 Å². The molecule has 1 N–H and O–H groups in total. The molecule has 0 fully saturated rings. The summed E-state index contributed by atoms with van der Waals surface area (Å²) in [6.45, 7) is 10.1. The molecule has 0 aliphatic rings. The minimum atomic E-state index is -0.146. The Morgan fingerprint density at radius 1 is 1.22 bits per heavy atom. The molecule has 5 nitrogen and oxygen atoms in total. The first-order valence-corrected chi connectivity index (χ1v) is 6.76. The fourth-order valence-electron chi connectivity index (χ4n) is 1.65. The molecule has 1 atom stereocenters. The maximum absolute atomic E-state index is 11.9. The zero-order valence-corrected chi connectivity index (χ0v) is 12.2. The van der Waals surface area contributed by atoms with E-state index in [1.54, 1.807) is 7.11 Å². The topological polar surface area (TPSA) is 50.8 Å². The van der Waals surface area contributed by atoms with Crippen molar-refractivity contribution in [2.75, 3.05) is 46.6 Å². The van der Waals surface area contributed by atoms with Crippen molar-refractivity contribution in [1.29, 1.82) is 0 Å². The summed E-state index contributed by atoms with van der Waals surface area (Å²) < 4.78 is 10.3. The lowest BCUT2D eigenvalue weighted by molar-refractivity contribution is -0.132. The Morgan fingerprint density at radius 3 is 2.44 bits per heavy atom. The van der Waals surface area contributed by atoms with Crippen LogP contribution in [-0.4, -0.2) is 63.4 Å². The zero-order valence-electron chi connectivity index (χ0n) is 12.2. The van der Waals surface area contributed by atoms with Gasteiger partial charge in [-0.3, -0.25) is 4.79 Å². The van der Waals surface area contributed by atoms with Gasteiger partial charge in [-0.1, -0.05) is 0 Å². The van der Waals surface area contributed by atoms with Crippen LogP contribution in [0.25, 0.3) is 0 Å². The highest BCUT2D eigenvalue weighted by Gasteiger charge is 2.16. The minimum absolute atomic E-state index is 0.146. The van der Waals surface area contributed by atoms with Gasteiger partial charge in [-0.2, -0.15) is 0 Å². The third kappa shape index (κ3) is 7.63. The summed E-state index contributed by atoms with van der Waals surface area (Å²) in [5.74, 6) is 0.152. The normalized spacial score (nSPS) is 12.4. The predicted octanol–water partition coefficient (Wildman–Crippen LogP) is 0.886. The molecule has 0 aliphatic heterocycles. The average molecular weight is 260 g/mol. The van der Waals surface area contributed by atoms with Gasteiger partial charge in [-0.25, -0.2) is 0 Å². The van der Waals surface area contributed by atoms with Crippen molar-refractivity contribution in [2.45, 2.75) is 33.2 Å². The molecule has 0 aromatic carbocycles. The molecule has 0 aliphatic carbocycles. The molecule has 1 amide bonds. The summed E-state index contributed by atoms with van der Waals surface area (Å²) >= 11 is 0. The van der Waals surface area contributed by atoms with E-state index in [1.807, 2.05) is 25.7 Å². The fourth-order valence-corrected chi connectivity index (χ4v) is 1.65. The molecule has 0 aromatic heterocycles. The Hall–Kier alpha value is -0.650. The summed E-state index contributed by atoms with van der Waals surface area (Å²) in [7, 11) is 1.68. The van der Waals surface area contributed by atoms with Crippen LogP contribution in [0.2, 0.25) is 0 Å². The SMILES string of the molecule is CCN(CC)C(=O)C(C)NCCOCCCOC. The molecule has 1 unspecified atom stereocenters. The maximum atomic E-state index is 11.9. The molecular weight excluding hydrogens is 232 g/mol. The lowest BCUT2D eigenvalue weighted by Gasteiger charge is -2.23. The van der Waals surface area contributed by atoms with Crippen LogP contribution in [0.4, 0.5) is 0 Å². The molecule has 0 heterocycles. The molecule has 0 saturated carbocycles. The third-order valence-corrected chi connectivity index (χ3v) is 2.78. The summed E-state index contributed by atoms with van der Waals surface area (Å²) in [5.41, 5.74) is 0. The lowest BCUT2D eigenvalue weighted by Crippen LogP contribution is -2.45. The maximum Gasteiger partial charge on any atom is 0.239 e. The quantitative estimate of drug-likeness (QED) is 0.560. The minimum Gasteiger partial charge on any atom is -0.385 e. The number of hydrogen-bond donors (Lipinski definition) is 1. The average Bonchev–Trinajstić information content (AvgIpc) is 2.38. The van der Waals surface area contributed by atoms with Crippen molar-refractivity contribution in [3.63, 3.8) is 0 Å². The second-order valence-corrected chi connectivity index (χ2v) is 4.15. The van der Waals surface area contributed by atoms with Gasteiger partial charge in [0, 0.05) is 40.0 Å². The largest absolute Gasteiger partial charge is 0.385 e. The van der Waals surface area contributed by atoms with E-state index in [0.717, 1.165) is 26.1 Å². The van der Waals surface area contributed by atoms with Crippen LogP contribution in [-0.2, 0) is 14.3 Å². The highest BCUT2D eigenvalue weighted by molar-refractivity contribution is 5.81. The van der Waals surface area contributed by atoms with Crippen LogP contribution in [0.1, 0.15) is 27.2 Å². The van der Waals surface area contributed by atoms with Crippen molar-refractivity contribution in [2.24, 2.45) is 0 Å². The number of ether oxygens (including phenoxy) is 2. The molecule has 108 valence electrons. The number of methoxy groups -OCH3 is 1. The van der Waals surface area contributed by atoms with Gasteiger partial charge >= 0.3 is 0 Å². The van der Waals surface area contributed by atoms with E-state index in [4.69, 9.17) is 9.47 Å². The monoisotopic (exact) mass is 260 g/mol. The van der Waals surface area contributed by atoms with E-state index in [1.165, 1.54) is 0 Å². The second-order valence-electron chi connectivity index (χ2n) is 4.15. The van der Waals surface area contributed by atoms with Gasteiger partial charge in [-0.15, -0.1) is 0 Å². The second kappa shape index (κ2) is 11.4. The van der Waals surface area contributed by atoms with E-state index in [2.05, 4.69) is 5.32 Å². The zero-order chi connectivity index (χ0) is 13.8. The van der Waals surface area contributed by atoms with E-state index in [-0.39, 0.29) is 11.9 Å². The Kier molecular flexibility index (Phi) is 11.0. The number of rotatable bonds is 11. The van der Waals surface area contributed by atoms with E-state index in [9.17, 15) is 4.79 Å². The molecule has 0 spiro atoms. The number of nitrogens with zero attached hydrogens (tertiary/aromatic N) is 1. The third-order valence-electron chi connectivity index (χ3n) is 2.78. The molecule has 0 aromatic rings. The summed E-state index contributed by atoms with van der Waals surface area (Å²) in [5, 5.41) is 3.17. The Labute approximate surface area is 111 Å². The molecule has 5 heteroatoms. The number of hydrogen-bond acceptors (Lipinski definition) is 4. The van der Waals surface area contributed by atoms with E-state index >= 15 is 0 Å². The number of likely N-dealkylation sites (N-methyl/N-ethyl adjacent to an activating group) is 1. The van der Waals surface area contributed by atoms with Crippen molar-refractivity contribution in [3.8, 4) is 0 Å². The standard InChI is InChI=1S/C13H28N2O3/c1-5-15(6-2)13(16)12(3)14-8-11-18-10-7-9-17-4/h12,14H,5-11H2,1-4H3. The van der Waals surface area contributed by atoms with Gasteiger partial charge in [0.05, 0.1) is 12.6 Å². The first kappa shape index (κ1) is 17.4. The van der Waals surface area contributed by atoms with Crippen LogP contribution < -0.4 is 5.32 Å². The number of carbonyl (C=O) groups excluding carboxylic acids is 1. The van der Waals surface area contributed by atoms with Crippen LogP contribution in [0.5, 0.6) is 0 Å². The van der Waals surface area contributed by atoms with Crippen LogP contribution in [0.3, 0.4) is 0 Å². The smallest absolute Gasteiger partial charge is 0.239 e. The van der Waals surface area contributed by atoms with Crippen LogP contribution in [0.15, 0.2) is 0 Å². The highest BCUT2D eigenvalue weighted by Crippen LogP contribution is 1.94. The predicted molar refractivity (Wildman–Crippen MR) is 72.7 cm³/mol. The van der Waals surface area contributed by atoms with Gasteiger partial charge in [0.2, 0.25) is 5.91 Å². The molecule has 18 heavy (non-hydrogen) atoms. The van der Waals surface area contributed by atoms with Crippen molar-refractivity contribution >= 4 is 5.91 Å². The van der Waals surface area contributed by atoms with Gasteiger partial charge in [0.15, 0.2) is 0 Å². The highest BCUT2D eigenvalue weighted by atomic mass is 16.5. The summed E-state index contributed by atoms with van der Waals surface area (Å²) in [4.78, 5) is 13.7. The first-order chi connectivity index (χ1) is 8.67. The summed E-state index contributed by atoms with van der Waals surface area (Å²) in [6.07, 6.45) is 0.907. The van der Waals surface area contributed by atoms with Crippen LogP contribution >= 0.6 is 0 Å². The Balaban J connectivity index is 3.57. The van der Waals surface area contributed by atoms with Crippen LogP contribution in [0, 0.1) is 0 Å². The molecule has 0 bridgehead atoms. The van der Waals surface area contributed by atoms with E-state index < -0.39 is 0 Å². The Bertz CT molecular complexity index is 208. The van der Waals surface area contributed by atoms with Crippen molar-refractivity contribution in [3.05, 3.63) is 0 Å². The van der Waals surface area contributed by atoms with Crippen molar-refractivity contribution < 1.29 is 14.3 Å². The van der Waals surface area contributed by atoms with Gasteiger partial charge in [0.1, 0.15) is 0 Å². The van der Waals surface area contributed by atoms with Gasteiger partial charge in [0.25, 0.3) is 0 Å². The fraction of sp³-hybridized carbons (Fsp3) is 0.923. The molecular formula is C13H28N2O3. The number of nitrogens with one attached hydrogen (secondary N) is 1. The van der Waals surface area contributed by atoms with Gasteiger partial charge in [-0.05, 0) is 27.2 Å². The molecule has 0 radical (unpaired) electrons. The lowest BCUT2D eigenvalue weighted by atomic mass is 10.3.